The summed E-state index contributed by atoms with van der Waals surface area (Å²) in [7, 11) is 0. The van der Waals surface area contributed by atoms with Gasteiger partial charge in [0.05, 0.1) is 0 Å². The highest BCUT2D eigenvalue weighted by atomic mass is 19.4. The number of carbonyl (C=O) groups excluding carboxylic acids is 1. The van der Waals surface area contributed by atoms with Gasteiger partial charge in [0.15, 0.2) is 5.78 Å². The van der Waals surface area contributed by atoms with Crippen LogP contribution in [-0.4, -0.2) is 12.0 Å². The Kier molecular flexibility index (Phi) is 3.24. The summed E-state index contributed by atoms with van der Waals surface area (Å²) in [4.78, 5) is 11.1. The lowest BCUT2D eigenvalue weighted by Crippen LogP contribution is -2.03. The SMILES string of the molecule is O=C(/C=C/C(F)(F)F)c1ccc(F)cc1. The van der Waals surface area contributed by atoms with Gasteiger partial charge in [-0.3, -0.25) is 4.79 Å². The number of halogens is 4. The average molecular weight is 218 g/mol. The fourth-order valence-corrected chi connectivity index (χ4v) is 0.881. The molecule has 0 heterocycles. The Morgan fingerprint density at radius 1 is 1.13 bits per heavy atom. The summed E-state index contributed by atoms with van der Waals surface area (Å²) in [6.45, 7) is 0. The van der Waals surface area contributed by atoms with Gasteiger partial charge in [-0.2, -0.15) is 13.2 Å². The minimum absolute atomic E-state index is 0.0110. The Bertz CT molecular complexity index is 375. The fourth-order valence-electron chi connectivity index (χ4n) is 0.881. The molecular weight excluding hydrogens is 212 g/mol. The van der Waals surface area contributed by atoms with Gasteiger partial charge >= 0.3 is 6.18 Å². The molecule has 0 aromatic heterocycles. The van der Waals surface area contributed by atoms with Crippen LogP contribution in [0.4, 0.5) is 17.6 Å². The third kappa shape index (κ3) is 3.93. The number of rotatable bonds is 2. The van der Waals surface area contributed by atoms with Gasteiger partial charge in [-0.25, -0.2) is 4.39 Å². The van der Waals surface area contributed by atoms with Gasteiger partial charge in [-0.15, -0.1) is 0 Å². The normalized spacial score (nSPS) is 12.0. The number of benzene rings is 1. The predicted octanol–water partition coefficient (Wildman–Crippen LogP) is 3.13. The topological polar surface area (TPSA) is 17.1 Å². The number of alkyl halides is 3. The maximum absolute atomic E-state index is 12.4. The van der Waals surface area contributed by atoms with E-state index in [1.54, 1.807) is 0 Å². The minimum atomic E-state index is -4.52. The van der Waals surface area contributed by atoms with Crippen LogP contribution in [0.3, 0.4) is 0 Å². The third-order valence-corrected chi connectivity index (χ3v) is 1.55. The molecule has 0 aliphatic carbocycles. The van der Waals surface area contributed by atoms with Crippen molar-refractivity contribution in [2.75, 3.05) is 0 Å². The highest BCUT2D eigenvalue weighted by Gasteiger charge is 2.22. The number of hydrogen-bond donors (Lipinski definition) is 0. The van der Waals surface area contributed by atoms with E-state index >= 15 is 0 Å². The summed E-state index contributed by atoms with van der Waals surface area (Å²) in [5, 5.41) is 0. The average Bonchev–Trinajstić information content (AvgIpc) is 2.14. The molecule has 80 valence electrons. The monoisotopic (exact) mass is 218 g/mol. The summed E-state index contributed by atoms with van der Waals surface area (Å²) in [5.41, 5.74) is 0.0110. The largest absolute Gasteiger partial charge is 0.409 e. The van der Waals surface area contributed by atoms with Gasteiger partial charge in [0, 0.05) is 11.6 Å². The Morgan fingerprint density at radius 2 is 1.67 bits per heavy atom. The van der Waals surface area contributed by atoms with E-state index in [1.165, 1.54) is 0 Å². The summed E-state index contributed by atoms with van der Waals surface area (Å²) >= 11 is 0. The van der Waals surface area contributed by atoms with E-state index in [-0.39, 0.29) is 11.6 Å². The molecule has 0 amide bonds. The number of hydrogen-bond acceptors (Lipinski definition) is 1. The third-order valence-electron chi connectivity index (χ3n) is 1.55. The zero-order valence-electron chi connectivity index (χ0n) is 7.38. The molecule has 1 rings (SSSR count). The lowest BCUT2D eigenvalue weighted by atomic mass is 10.1. The molecule has 5 heteroatoms. The molecule has 0 N–H and O–H groups in total. The second-order valence-corrected chi connectivity index (χ2v) is 2.75. The lowest BCUT2D eigenvalue weighted by molar-refractivity contribution is -0.0799. The first kappa shape index (κ1) is 11.4. The Balaban J connectivity index is 2.78. The van der Waals surface area contributed by atoms with Crippen molar-refractivity contribution in [2.24, 2.45) is 0 Å². The molecular formula is C10H6F4O. The van der Waals surface area contributed by atoms with Crippen molar-refractivity contribution in [3.63, 3.8) is 0 Å². The molecule has 15 heavy (non-hydrogen) atoms. The molecule has 0 spiro atoms. The number of allylic oxidation sites excluding steroid dienone is 2. The van der Waals surface area contributed by atoms with Crippen LogP contribution >= 0.6 is 0 Å². The van der Waals surface area contributed by atoms with E-state index in [4.69, 9.17) is 0 Å². The van der Waals surface area contributed by atoms with Crippen LogP contribution in [0.25, 0.3) is 0 Å². The van der Waals surface area contributed by atoms with E-state index in [2.05, 4.69) is 0 Å². The summed E-state index contributed by atoms with van der Waals surface area (Å²) in [5.74, 6) is -1.36. The fraction of sp³-hybridized carbons (Fsp3) is 0.100. The second-order valence-electron chi connectivity index (χ2n) is 2.75. The molecule has 1 aromatic rings. The Hall–Kier alpha value is -1.65. The van der Waals surface area contributed by atoms with Crippen molar-refractivity contribution < 1.29 is 22.4 Å². The van der Waals surface area contributed by atoms with Crippen molar-refractivity contribution >= 4 is 5.78 Å². The van der Waals surface area contributed by atoms with E-state index in [9.17, 15) is 22.4 Å². The molecule has 1 nitrogen and oxygen atoms in total. The predicted molar refractivity (Wildman–Crippen MR) is 45.9 cm³/mol. The molecule has 0 saturated heterocycles. The van der Waals surface area contributed by atoms with E-state index in [0.29, 0.717) is 6.08 Å². The first-order valence-electron chi connectivity index (χ1n) is 3.94. The number of ketones is 1. The van der Waals surface area contributed by atoms with Gasteiger partial charge in [0.2, 0.25) is 0 Å². The second kappa shape index (κ2) is 4.25. The lowest BCUT2D eigenvalue weighted by Gasteiger charge is -1.98. The molecule has 0 fully saturated rings. The smallest absolute Gasteiger partial charge is 0.289 e. The maximum atomic E-state index is 12.4. The first-order valence-corrected chi connectivity index (χ1v) is 3.94. The van der Waals surface area contributed by atoms with Crippen molar-refractivity contribution in [1.82, 2.24) is 0 Å². The summed E-state index contributed by atoms with van der Waals surface area (Å²) in [6, 6.07) is 4.26. The zero-order chi connectivity index (χ0) is 11.5. The minimum Gasteiger partial charge on any atom is -0.289 e. The van der Waals surface area contributed by atoms with Crippen LogP contribution in [0.5, 0.6) is 0 Å². The molecule has 0 bridgehead atoms. The van der Waals surface area contributed by atoms with E-state index in [1.807, 2.05) is 0 Å². The van der Waals surface area contributed by atoms with Crippen LogP contribution in [0.2, 0.25) is 0 Å². The Labute approximate surface area is 83.0 Å². The zero-order valence-corrected chi connectivity index (χ0v) is 7.38. The van der Waals surface area contributed by atoms with Crippen molar-refractivity contribution in [1.29, 1.82) is 0 Å². The van der Waals surface area contributed by atoms with Gasteiger partial charge in [-0.1, -0.05) is 0 Å². The van der Waals surface area contributed by atoms with Crippen LogP contribution in [0.1, 0.15) is 10.4 Å². The first-order chi connectivity index (χ1) is 6.88. The van der Waals surface area contributed by atoms with Gasteiger partial charge in [-0.05, 0) is 30.3 Å². The maximum Gasteiger partial charge on any atom is 0.409 e. The van der Waals surface area contributed by atoms with Gasteiger partial charge < -0.3 is 0 Å². The highest BCUT2D eigenvalue weighted by molar-refractivity contribution is 6.04. The van der Waals surface area contributed by atoms with Crippen LogP contribution in [0.15, 0.2) is 36.4 Å². The summed E-state index contributed by atoms with van der Waals surface area (Å²) in [6.07, 6.45) is -4.26. The molecule has 0 atom stereocenters. The van der Waals surface area contributed by atoms with E-state index in [0.717, 1.165) is 24.3 Å². The van der Waals surface area contributed by atoms with Crippen molar-refractivity contribution in [3.8, 4) is 0 Å². The molecule has 0 unspecified atom stereocenters. The molecule has 1 aromatic carbocycles. The van der Waals surface area contributed by atoms with Crippen LogP contribution in [-0.2, 0) is 0 Å². The van der Waals surface area contributed by atoms with Crippen molar-refractivity contribution in [3.05, 3.63) is 47.8 Å². The van der Waals surface area contributed by atoms with Gasteiger partial charge in [0.25, 0.3) is 0 Å². The van der Waals surface area contributed by atoms with Gasteiger partial charge in [0.1, 0.15) is 5.82 Å². The van der Waals surface area contributed by atoms with E-state index < -0.39 is 17.8 Å². The van der Waals surface area contributed by atoms with Crippen molar-refractivity contribution in [2.45, 2.75) is 6.18 Å². The number of carbonyl (C=O) groups is 1. The van der Waals surface area contributed by atoms with Crippen LogP contribution in [0, 0.1) is 5.82 Å². The summed E-state index contributed by atoms with van der Waals surface area (Å²) < 4.78 is 47.5. The molecule has 0 aliphatic rings. The molecule has 0 saturated carbocycles. The molecule has 0 radical (unpaired) electrons. The molecule has 0 aliphatic heterocycles. The van der Waals surface area contributed by atoms with Crippen LogP contribution < -0.4 is 0 Å². The Morgan fingerprint density at radius 3 is 2.13 bits per heavy atom. The quantitative estimate of drug-likeness (QED) is 0.423. The standard InChI is InChI=1S/C10H6F4O/c11-8-3-1-7(2-4-8)9(15)5-6-10(12,13)14/h1-6H/b6-5+. The highest BCUT2D eigenvalue weighted by Crippen LogP contribution is 2.16.